The Hall–Kier alpha value is -2.02. The van der Waals surface area contributed by atoms with Gasteiger partial charge in [-0.1, -0.05) is 22.9 Å². The molecule has 1 aliphatic rings. The highest BCUT2D eigenvalue weighted by molar-refractivity contribution is 7.99. The van der Waals surface area contributed by atoms with Gasteiger partial charge in [0.2, 0.25) is 5.89 Å². The number of rotatable bonds is 5. The smallest absolute Gasteiger partial charge is 0.317 e. The zero-order valence-corrected chi connectivity index (χ0v) is 15.5. The van der Waals surface area contributed by atoms with Gasteiger partial charge in [-0.25, -0.2) is 4.79 Å². The Morgan fingerprint density at radius 3 is 2.88 bits per heavy atom. The molecular weight excluding hydrogens is 336 g/mol. The van der Waals surface area contributed by atoms with E-state index in [9.17, 15) is 4.79 Å². The van der Waals surface area contributed by atoms with Crippen molar-refractivity contribution in [3.8, 4) is 0 Å². The fraction of sp³-hybridized carbons (Fsp3) is 0.500. The number of urea groups is 1. The van der Waals surface area contributed by atoms with Crippen molar-refractivity contribution in [1.29, 1.82) is 0 Å². The van der Waals surface area contributed by atoms with Crippen LogP contribution < -0.4 is 5.32 Å². The van der Waals surface area contributed by atoms with E-state index in [0.29, 0.717) is 24.8 Å². The lowest BCUT2D eigenvalue weighted by Gasteiger charge is -2.31. The first-order valence-corrected chi connectivity index (χ1v) is 9.63. The molecule has 2 heterocycles. The number of likely N-dealkylation sites (tertiary alicyclic amines) is 1. The second-order valence-electron chi connectivity index (χ2n) is 6.36. The minimum Gasteiger partial charge on any atom is -0.339 e. The molecule has 0 spiro atoms. The lowest BCUT2D eigenvalue weighted by Crippen LogP contribution is -2.45. The number of benzene rings is 1. The van der Waals surface area contributed by atoms with Crippen molar-refractivity contribution in [3.05, 3.63) is 41.5 Å². The number of nitrogens with one attached hydrogen (secondary N) is 1. The highest BCUT2D eigenvalue weighted by atomic mass is 32.2. The third-order valence-electron chi connectivity index (χ3n) is 4.27. The first kappa shape index (κ1) is 17.8. The van der Waals surface area contributed by atoms with E-state index in [-0.39, 0.29) is 11.9 Å². The van der Waals surface area contributed by atoms with Crippen molar-refractivity contribution in [3.63, 3.8) is 0 Å². The monoisotopic (exact) mass is 360 g/mol. The maximum atomic E-state index is 12.4. The predicted molar refractivity (Wildman–Crippen MR) is 97.9 cm³/mol. The topological polar surface area (TPSA) is 71.3 Å². The summed E-state index contributed by atoms with van der Waals surface area (Å²) >= 11 is 1.75. The molecule has 0 radical (unpaired) electrons. The molecule has 0 unspecified atom stereocenters. The Morgan fingerprint density at radius 1 is 1.36 bits per heavy atom. The molecule has 1 saturated heterocycles. The maximum absolute atomic E-state index is 12.4. The quantitative estimate of drug-likeness (QED) is 0.654. The van der Waals surface area contributed by atoms with Crippen LogP contribution in [0.4, 0.5) is 4.79 Å². The number of carbonyl (C=O) groups is 1. The number of piperidine rings is 1. The van der Waals surface area contributed by atoms with Crippen molar-refractivity contribution in [2.45, 2.75) is 37.5 Å². The van der Waals surface area contributed by atoms with Gasteiger partial charge in [0.15, 0.2) is 5.82 Å². The summed E-state index contributed by atoms with van der Waals surface area (Å²) in [7, 11) is 0. The zero-order chi connectivity index (χ0) is 17.6. The van der Waals surface area contributed by atoms with Gasteiger partial charge in [-0.15, -0.1) is 11.8 Å². The molecule has 1 aromatic carbocycles. The molecule has 1 aliphatic heterocycles. The number of aryl methyl sites for hydroxylation is 2. The molecular formula is C18H24N4O2S. The lowest BCUT2D eigenvalue weighted by molar-refractivity contribution is 0.172. The second-order valence-corrected chi connectivity index (χ2v) is 7.53. The Kier molecular flexibility index (Phi) is 5.96. The number of nitrogens with zero attached hydrogens (tertiary/aromatic N) is 3. The molecule has 2 aromatic rings. The predicted octanol–water partition coefficient (Wildman–Crippen LogP) is 3.37. The Bertz CT molecular complexity index is 701. The minimum absolute atomic E-state index is 0.00885. The number of aromatic nitrogens is 2. The fourth-order valence-corrected chi connectivity index (χ4v) is 3.68. The number of hydrogen-bond acceptors (Lipinski definition) is 5. The summed E-state index contributed by atoms with van der Waals surface area (Å²) in [6.07, 6.45) is 1.94. The van der Waals surface area contributed by atoms with E-state index in [1.807, 2.05) is 11.8 Å². The zero-order valence-electron chi connectivity index (χ0n) is 14.7. The summed E-state index contributed by atoms with van der Waals surface area (Å²) < 4.78 is 5.26. The second kappa shape index (κ2) is 8.38. The Labute approximate surface area is 152 Å². The molecule has 25 heavy (non-hydrogen) atoms. The van der Waals surface area contributed by atoms with Gasteiger partial charge in [-0.2, -0.15) is 4.98 Å². The normalized spacial score (nSPS) is 17.5. The van der Waals surface area contributed by atoms with Crippen molar-refractivity contribution in [1.82, 2.24) is 20.4 Å². The molecule has 0 aliphatic carbocycles. The molecule has 7 heteroatoms. The third-order valence-corrected chi connectivity index (χ3v) is 5.28. The van der Waals surface area contributed by atoms with E-state index in [0.717, 1.165) is 25.1 Å². The molecule has 3 rings (SSSR count). The van der Waals surface area contributed by atoms with Crippen molar-refractivity contribution in [2.75, 3.05) is 25.4 Å². The Morgan fingerprint density at radius 2 is 2.16 bits per heavy atom. The average molecular weight is 360 g/mol. The van der Waals surface area contributed by atoms with Gasteiger partial charge in [0.1, 0.15) is 0 Å². The largest absolute Gasteiger partial charge is 0.339 e. The molecule has 1 atom stereocenters. The summed E-state index contributed by atoms with van der Waals surface area (Å²) in [4.78, 5) is 19.8. The molecule has 6 nitrogen and oxygen atoms in total. The standard InChI is InChI=1S/C18H24N4O2S/c1-13-5-7-16(8-6-13)25-11-9-19-18(23)22-10-3-4-15(12-22)17-20-14(2)21-24-17/h5-8,15H,3-4,9-12H2,1-2H3,(H,19,23)/t15-/m1/s1. The van der Waals surface area contributed by atoms with E-state index in [1.165, 1.54) is 10.5 Å². The van der Waals surface area contributed by atoms with Gasteiger partial charge in [-0.3, -0.25) is 0 Å². The van der Waals surface area contributed by atoms with Crippen LogP contribution in [-0.4, -0.2) is 46.5 Å². The molecule has 1 aromatic heterocycles. The van der Waals surface area contributed by atoms with Crippen LogP contribution in [-0.2, 0) is 0 Å². The van der Waals surface area contributed by atoms with Gasteiger partial charge in [0.05, 0.1) is 5.92 Å². The maximum Gasteiger partial charge on any atom is 0.317 e. The van der Waals surface area contributed by atoms with E-state index < -0.39 is 0 Å². The van der Waals surface area contributed by atoms with Crippen LogP contribution in [0.1, 0.15) is 36.0 Å². The highest BCUT2D eigenvalue weighted by Gasteiger charge is 2.28. The molecule has 0 bridgehead atoms. The van der Waals surface area contributed by atoms with Crippen molar-refractivity contribution >= 4 is 17.8 Å². The third kappa shape index (κ3) is 4.98. The molecule has 0 saturated carbocycles. The SMILES string of the molecule is Cc1ccc(SCCNC(=O)N2CCC[C@@H](c3nc(C)no3)C2)cc1. The summed E-state index contributed by atoms with van der Waals surface area (Å²) in [6, 6.07) is 8.43. The highest BCUT2D eigenvalue weighted by Crippen LogP contribution is 2.25. The number of amides is 2. The van der Waals surface area contributed by atoms with Gasteiger partial charge >= 0.3 is 6.03 Å². The summed E-state index contributed by atoms with van der Waals surface area (Å²) in [6.45, 7) is 5.96. The molecule has 2 amide bonds. The number of hydrogen-bond donors (Lipinski definition) is 1. The van der Waals surface area contributed by atoms with E-state index in [4.69, 9.17) is 4.52 Å². The summed E-state index contributed by atoms with van der Waals surface area (Å²) in [5.74, 6) is 2.28. The molecule has 1 fully saturated rings. The molecule has 1 N–H and O–H groups in total. The van der Waals surface area contributed by atoms with Crippen LogP contribution in [0.25, 0.3) is 0 Å². The lowest BCUT2D eigenvalue weighted by atomic mass is 9.98. The fourth-order valence-electron chi connectivity index (χ4n) is 2.92. The van der Waals surface area contributed by atoms with Crippen LogP contribution >= 0.6 is 11.8 Å². The van der Waals surface area contributed by atoms with Gasteiger partial charge < -0.3 is 14.7 Å². The average Bonchev–Trinajstić information content (AvgIpc) is 3.07. The van der Waals surface area contributed by atoms with Crippen LogP contribution in [0, 0.1) is 13.8 Å². The minimum atomic E-state index is -0.00885. The number of thioether (sulfide) groups is 1. The summed E-state index contributed by atoms with van der Waals surface area (Å²) in [5.41, 5.74) is 1.26. The summed E-state index contributed by atoms with van der Waals surface area (Å²) in [5, 5.41) is 6.86. The van der Waals surface area contributed by atoms with Crippen LogP contribution in [0.15, 0.2) is 33.7 Å². The molecule has 134 valence electrons. The first-order chi connectivity index (χ1) is 12.1. The van der Waals surface area contributed by atoms with Gasteiger partial charge in [0.25, 0.3) is 0 Å². The van der Waals surface area contributed by atoms with E-state index >= 15 is 0 Å². The van der Waals surface area contributed by atoms with Crippen molar-refractivity contribution in [2.24, 2.45) is 0 Å². The van der Waals surface area contributed by atoms with Gasteiger partial charge in [0, 0.05) is 30.3 Å². The number of carbonyl (C=O) groups excluding carboxylic acids is 1. The van der Waals surface area contributed by atoms with Crippen LogP contribution in [0.3, 0.4) is 0 Å². The van der Waals surface area contributed by atoms with Gasteiger partial charge in [-0.05, 0) is 38.8 Å². The van der Waals surface area contributed by atoms with Crippen molar-refractivity contribution < 1.29 is 9.32 Å². The Balaban J connectivity index is 1.42. The first-order valence-electron chi connectivity index (χ1n) is 8.64. The van der Waals surface area contributed by atoms with Crippen LogP contribution in [0.2, 0.25) is 0 Å². The van der Waals surface area contributed by atoms with E-state index in [1.54, 1.807) is 11.8 Å². The van der Waals surface area contributed by atoms with Crippen LogP contribution in [0.5, 0.6) is 0 Å². The van der Waals surface area contributed by atoms with E-state index in [2.05, 4.69) is 46.6 Å².